The van der Waals surface area contributed by atoms with Crippen molar-refractivity contribution >= 4 is 22.9 Å². The molecule has 0 unspecified atom stereocenters. The molecule has 96 valence electrons. The molecule has 18 heavy (non-hydrogen) atoms. The molecule has 0 radical (unpaired) electrons. The third-order valence-corrected chi connectivity index (χ3v) is 3.56. The van der Waals surface area contributed by atoms with Gasteiger partial charge in [-0.15, -0.1) is 0 Å². The predicted octanol–water partition coefficient (Wildman–Crippen LogP) is 4.42. The molecule has 2 aromatic rings. The number of halogens is 3. The minimum Gasteiger partial charge on any atom is -0.307 e. The van der Waals surface area contributed by atoms with Crippen LogP contribution in [0.3, 0.4) is 0 Å². The monoisotopic (exact) mass is 287 g/mol. The highest BCUT2D eigenvalue weighted by molar-refractivity contribution is 7.08. The normalized spacial score (nSPS) is 11.1. The molecule has 0 saturated carbocycles. The van der Waals surface area contributed by atoms with Crippen molar-refractivity contribution in [3.05, 3.63) is 45.6 Å². The molecule has 0 amide bonds. The largest absolute Gasteiger partial charge is 0.307 e. The van der Waals surface area contributed by atoms with Crippen molar-refractivity contribution in [2.24, 2.45) is 0 Å². The average Bonchev–Trinajstić information content (AvgIpc) is 2.78. The second kappa shape index (κ2) is 6.27. The highest BCUT2D eigenvalue weighted by Crippen LogP contribution is 2.28. The minimum absolute atomic E-state index is 0.282. The van der Waals surface area contributed by atoms with E-state index in [0.717, 1.165) is 16.7 Å². The molecule has 0 atom stereocenters. The summed E-state index contributed by atoms with van der Waals surface area (Å²) in [5.41, 5.74) is 3.15. The Balaban J connectivity index is 2.10. The standard InChI is InChI=1S/C13H12ClF2NS/c14-11-3-1-9(2-4-11)12-8-18-7-10(12)5-17-6-13(15)16/h1-4,7-8,13,17H,5-6H2. The van der Waals surface area contributed by atoms with Crippen molar-refractivity contribution in [3.63, 3.8) is 0 Å². The molecular formula is C13H12ClF2NS. The maximum atomic E-state index is 12.1. The molecule has 0 aliphatic rings. The van der Waals surface area contributed by atoms with E-state index >= 15 is 0 Å². The van der Waals surface area contributed by atoms with Crippen LogP contribution < -0.4 is 5.32 Å². The van der Waals surface area contributed by atoms with Gasteiger partial charge in [-0.05, 0) is 39.6 Å². The fourth-order valence-corrected chi connectivity index (χ4v) is 2.65. The molecule has 1 aromatic heterocycles. The van der Waals surface area contributed by atoms with Gasteiger partial charge < -0.3 is 5.32 Å². The first-order valence-electron chi connectivity index (χ1n) is 5.46. The zero-order valence-corrected chi connectivity index (χ0v) is 11.1. The van der Waals surface area contributed by atoms with E-state index in [1.165, 1.54) is 0 Å². The maximum Gasteiger partial charge on any atom is 0.250 e. The van der Waals surface area contributed by atoms with E-state index in [2.05, 4.69) is 5.32 Å². The van der Waals surface area contributed by atoms with E-state index in [1.54, 1.807) is 11.3 Å². The fraction of sp³-hybridized carbons (Fsp3) is 0.231. The van der Waals surface area contributed by atoms with Gasteiger partial charge >= 0.3 is 0 Å². The summed E-state index contributed by atoms with van der Waals surface area (Å²) in [7, 11) is 0. The van der Waals surface area contributed by atoms with Gasteiger partial charge in [-0.25, -0.2) is 8.78 Å². The Kier molecular flexibility index (Phi) is 4.69. The van der Waals surface area contributed by atoms with Gasteiger partial charge in [-0.2, -0.15) is 11.3 Å². The molecular weight excluding hydrogens is 276 g/mol. The molecule has 2 rings (SSSR count). The summed E-state index contributed by atoms with van der Waals surface area (Å²) in [6.07, 6.45) is -2.32. The van der Waals surface area contributed by atoms with E-state index < -0.39 is 6.43 Å². The van der Waals surface area contributed by atoms with Crippen LogP contribution in [0.2, 0.25) is 5.02 Å². The first-order valence-corrected chi connectivity index (χ1v) is 6.79. The highest BCUT2D eigenvalue weighted by atomic mass is 35.5. The van der Waals surface area contributed by atoms with Crippen LogP contribution in [0.1, 0.15) is 5.56 Å². The van der Waals surface area contributed by atoms with Gasteiger partial charge in [-0.1, -0.05) is 23.7 Å². The van der Waals surface area contributed by atoms with Crippen LogP contribution in [0.5, 0.6) is 0 Å². The summed E-state index contributed by atoms with van der Waals surface area (Å²) < 4.78 is 24.1. The molecule has 0 bridgehead atoms. The van der Waals surface area contributed by atoms with Gasteiger partial charge in [-0.3, -0.25) is 0 Å². The average molecular weight is 288 g/mol. The third kappa shape index (κ3) is 3.51. The molecule has 1 heterocycles. The Morgan fingerprint density at radius 2 is 1.89 bits per heavy atom. The van der Waals surface area contributed by atoms with Crippen LogP contribution in [0.4, 0.5) is 8.78 Å². The van der Waals surface area contributed by atoms with Crippen molar-refractivity contribution in [1.82, 2.24) is 5.32 Å². The van der Waals surface area contributed by atoms with Crippen molar-refractivity contribution < 1.29 is 8.78 Å². The SMILES string of the molecule is FC(F)CNCc1cscc1-c1ccc(Cl)cc1. The van der Waals surface area contributed by atoms with Gasteiger partial charge in [0.1, 0.15) is 0 Å². The quantitative estimate of drug-likeness (QED) is 0.858. The van der Waals surface area contributed by atoms with Crippen LogP contribution in [0, 0.1) is 0 Å². The van der Waals surface area contributed by atoms with Gasteiger partial charge in [0.05, 0.1) is 6.54 Å². The van der Waals surface area contributed by atoms with E-state index in [0.29, 0.717) is 11.6 Å². The summed E-state index contributed by atoms with van der Waals surface area (Å²) in [5, 5.41) is 7.42. The molecule has 0 saturated heterocycles. The van der Waals surface area contributed by atoms with E-state index in [-0.39, 0.29) is 6.54 Å². The Hall–Kier alpha value is -0.970. The summed E-state index contributed by atoms with van der Waals surface area (Å²) >= 11 is 7.40. The number of alkyl halides is 2. The van der Waals surface area contributed by atoms with Crippen LogP contribution >= 0.6 is 22.9 Å². The predicted molar refractivity (Wildman–Crippen MR) is 72.5 cm³/mol. The van der Waals surface area contributed by atoms with E-state index in [1.807, 2.05) is 35.0 Å². The third-order valence-electron chi connectivity index (χ3n) is 2.51. The smallest absolute Gasteiger partial charge is 0.250 e. The number of benzene rings is 1. The summed E-state index contributed by atoms with van der Waals surface area (Å²) in [6.45, 7) is 0.168. The molecule has 1 nitrogen and oxygen atoms in total. The summed E-state index contributed by atoms with van der Waals surface area (Å²) in [6, 6.07) is 7.51. The number of rotatable bonds is 5. The number of thiophene rings is 1. The highest BCUT2D eigenvalue weighted by Gasteiger charge is 2.07. The Morgan fingerprint density at radius 3 is 2.56 bits per heavy atom. The zero-order valence-electron chi connectivity index (χ0n) is 9.50. The lowest BCUT2D eigenvalue weighted by atomic mass is 10.1. The summed E-state index contributed by atoms with van der Waals surface area (Å²) in [4.78, 5) is 0. The molecule has 0 aliphatic carbocycles. The lowest BCUT2D eigenvalue weighted by Gasteiger charge is -2.06. The topological polar surface area (TPSA) is 12.0 Å². The molecule has 1 N–H and O–H groups in total. The van der Waals surface area contributed by atoms with Crippen molar-refractivity contribution in [2.45, 2.75) is 13.0 Å². The zero-order chi connectivity index (χ0) is 13.0. The lowest BCUT2D eigenvalue weighted by Crippen LogP contribution is -2.20. The Bertz CT molecular complexity index is 496. The van der Waals surface area contributed by atoms with Crippen LogP contribution in [0.25, 0.3) is 11.1 Å². The van der Waals surface area contributed by atoms with Gasteiger partial charge in [0.15, 0.2) is 0 Å². The Morgan fingerprint density at radius 1 is 1.17 bits per heavy atom. The molecule has 0 spiro atoms. The van der Waals surface area contributed by atoms with Crippen LogP contribution in [-0.2, 0) is 6.54 Å². The summed E-state index contributed by atoms with van der Waals surface area (Å²) in [5.74, 6) is 0. The number of nitrogens with one attached hydrogen (secondary N) is 1. The van der Waals surface area contributed by atoms with Gasteiger partial charge in [0, 0.05) is 11.6 Å². The molecule has 5 heteroatoms. The molecule has 0 fully saturated rings. The molecule has 1 aromatic carbocycles. The maximum absolute atomic E-state index is 12.1. The lowest BCUT2D eigenvalue weighted by molar-refractivity contribution is 0.145. The molecule has 0 aliphatic heterocycles. The van der Waals surface area contributed by atoms with Crippen LogP contribution in [0.15, 0.2) is 35.0 Å². The second-order valence-electron chi connectivity index (χ2n) is 3.84. The Labute approximate surface area is 113 Å². The minimum atomic E-state index is -2.32. The fourth-order valence-electron chi connectivity index (χ4n) is 1.66. The van der Waals surface area contributed by atoms with Crippen LogP contribution in [-0.4, -0.2) is 13.0 Å². The van der Waals surface area contributed by atoms with E-state index in [9.17, 15) is 8.78 Å². The van der Waals surface area contributed by atoms with Crippen molar-refractivity contribution in [2.75, 3.05) is 6.54 Å². The first-order chi connectivity index (χ1) is 8.66. The van der Waals surface area contributed by atoms with Gasteiger partial charge in [0.2, 0.25) is 0 Å². The van der Waals surface area contributed by atoms with E-state index in [4.69, 9.17) is 11.6 Å². The van der Waals surface area contributed by atoms with Crippen molar-refractivity contribution in [3.8, 4) is 11.1 Å². The van der Waals surface area contributed by atoms with Gasteiger partial charge in [0.25, 0.3) is 6.43 Å². The first kappa shape index (κ1) is 13.5. The number of hydrogen-bond donors (Lipinski definition) is 1. The van der Waals surface area contributed by atoms with Crippen molar-refractivity contribution in [1.29, 1.82) is 0 Å². The second-order valence-corrected chi connectivity index (χ2v) is 5.02. The number of hydrogen-bond acceptors (Lipinski definition) is 2.